The second kappa shape index (κ2) is 7.60. The van der Waals surface area contributed by atoms with Crippen LogP contribution in [0.15, 0.2) is 54.6 Å². The van der Waals surface area contributed by atoms with Crippen LogP contribution in [0.3, 0.4) is 0 Å². The van der Waals surface area contributed by atoms with Crippen molar-refractivity contribution in [3.05, 3.63) is 65.0 Å². The lowest BCUT2D eigenvalue weighted by Crippen LogP contribution is -2.09. The number of hydrogen-bond acceptors (Lipinski definition) is 8. The van der Waals surface area contributed by atoms with Crippen molar-refractivity contribution in [1.82, 2.24) is 9.97 Å². The Morgan fingerprint density at radius 3 is 2.57 bits per heavy atom. The normalized spacial score (nSPS) is 11.1. The SMILES string of the molecule is COC(=O)c1ccc2nc(NC(=O)c3ccc(-c4nc5ccccc5s4)s3)sc2c1. The fourth-order valence-corrected chi connectivity index (χ4v) is 5.76. The number of para-hydroxylation sites is 1. The van der Waals surface area contributed by atoms with Crippen LogP contribution >= 0.6 is 34.0 Å². The van der Waals surface area contributed by atoms with E-state index in [0.717, 1.165) is 24.8 Å². The highest BCUT2D eigenvalue weighted by atomic mass is 32.1. The third-order valence-electron chi connectivity index (χ3n) is 4.36. The summed E-state index contributed by atoms with van der Waals surface area (Å²) in [4.78, 5) is 35.0. The van der Waals surface area contributed by atoms with Gasteiger partial charge in [-0.25, -0.2) is 14.8 Å². The molecular formula is C21H13N3O3S3. The van der Waals surface area contributed by atoms with Crippen molar-refractivity contribution < 1.29 is 14.3 Å². The molecule has 0 aliphatic rings. The number of amides is 1. The molecule has 9 heteroatoms. The van der Waals surface area contributed by atoms with Crippen molar-refractivity contribution in [2.45, 2.75) is 0 Å². The Morgan fingerprint density at radius 2 is 1.73 bits per heavy atom. The molecule has 0 aliphatic carbocycles. The first-order chi connectivity index (χ1) is 14.6. The molecule has 0 saturated heterocycles. The number of ether oxygens (including phenoxy) is 1. The van der Waals surface area contributed by atoms with E-state index >= 15 is 0 Å². The Hall–Kier alpha value is -3.14. The van der Waals surface area contributed by atoms with Gasteiger partial charge in [0.15, 0.2) is 5.13 Å². The molecule has 0 fully saturated rings. The van der Waals surface area contributed by atoms with E-state index in [9.17, 15) is 9.59 Å². The number of fused-ring (bicyclic) bond motifs is 2. The number of carbonyl (C=O) groups is 2. The molecule has 5 rings (SSSR count). The van der Waals surface area contributed by atoms with Crippen molar-refractivity contribution >= 4 is 71.5 Å². The molecule has 0 saturated carbocycles. The van der Waals surface area contributed by atoms with Crippen LogP contribution in [0, 0.1) is 0 Å². The van der Waals surface area contributed by atoms with Crippen LogP contribution in [-0.2, 0) is 4.74 Å². The van der Waals surface area contributed by atoms with Crippen LogP contribution < -0.4 is 5.32 Å². The number of hydrogen-bond donors (Lipinski definition) is 1. The zero-order valence-corrected chi connectivity index (χ0v) is 18.0. The Morgan fingerprint density at radius 1 is 0.900 bits per heavy atom. The van der Waals surface area contributed by atoms with Gasteiger partial charge in [-0.2, -0.15) is 0 Å². The topological polar surface area (TPSA) is 81.2 Å². The largest absolute Gasteiger partial charge is 0.465 e. The highest BCUT2D eigenvalue weighted by Gasteiger charge is 2.16. The molecule has 0 aliphatic heterocycles. The maximum Gasteiger partial charge on any atom is 0.337 e. The van der Waals surface area contributed by atoms with Gasteiger partial charge in [0.25, 0.3) is 5.91 Å². The minimum absolute atomic E-state index is 0.223. The van der Waals surface area contributed by atoms with Crippen molar-refractivity contribution in [3.63, 3.8) is 0 Å². The monoisotopic (exact) mass is 451 g/mol. The van der Waals surface area contributed by atoms with Gasteiger partial charge in [-0.15, -0.1) is 22.7 Å². The summed E-state index contributed by atoms with van der Waals surface area (Å²) in [6.07, 6.45) is 0. The van der Waals surface area contributed by atoms with Crippen LogP contribution in [0.5, 0.6) is 0 Å². The number of anilines is 1. The molecule has 1 amide bonds. The Labute approximate surface area is 182 Å². The highest BCUT2D eigenvalue weighted by molar-refractivity contribution is 7.26. The lowest BCUT2D eigenvalue weighted by Gasteiger charge is -1.97. The van der Waals surface area contributed by atoms with Gasteiger partial charge in [0.2, 0.25) is 0 Å². The maximum absolute atomic E-state index is 12.7. The Balaban J connectivity index is 1.37. The van der Waals surface area contributed by atoms with E-state index in [1.807, 2.05) is 30.3 Å². The van der Waals surface area contributed by atoms with E-state index in [1.165, 1.54) is 29.8 Å². The molecule has 5 aromatic rings. The van der Waals surface area contributed by atoms with Gasteiger partial charge in [-0.3, -0.25) is 10.1 Å². The molecule has 148 valence electrons. The minimum atomic E-state index is -0.406. The summed E-state index contributed by atoms with van der Waals surface area (Å²) in [5.74, 6) is -0.628. The first-order valence-corrected chi connectivity index (χ1v) is 11.3. The molecule has 3 heterocycles. The van der Waals surface area contributed by atoms with Gasteiger partial charge in [0, 0.05) is 0 Å². The van der Waals surface area contributed by atoms with Crippen LogP contribution in [0.25, 0.3) is 30.3 Å². The third kappa shape index (κ3) is 3.47. The Bertz CT molecular complexity index is 1380. The molecule has 2 aromatic carbocycles. The zero-order valence-electron chi connectivity index (χ0n) is 15.5. The summed E-state index contributed by atoms with van der Waals surface area (Å²) < 4.78 is 6.66. The van der Waals surface area contributed by atoms with Gasteiger partial charge >= 0.3 is 5.97 Å². The lowest BCUT2D eigenvalue weighted by molar-refractivity contribution is 0.0601. The molecule has 0 atom stereocenters. The van der Waals surface area contributed by atoms with E-state index in [1.54, 1.807) is 35.6 Å². The lowest BCUT2D eigenvalue weighted by atomic mass is 10.2. The number of nitrogens with zero attached hydrogens (tertiary/aromatic N) is 2. The summed E-state index contributed by atoms with van der Waals surface area (Å²) in [5.41, 5.74) is 2.12. The maximum atomic E-state index is 12.7. The molecule has 0 radical (unpaired) electrons. The standard InChI is InChI=1S/C21H13N3O3S3/c1-27-20(26)11-6-7-13-17(10-11)30-21(23-13)24-18(25)15-8-9-16(28-15)19-22-12-4-2-3-5-14(12)29-19/h2-10H,1H3,(H,23,24,25). The fourth-order valence-electron chi connectivity index (χ4n) is 2.93. The zero-order chi connectivity index (χ0) is 20.7. The van der Waals surface area contributed by atoms with Crippen molar-refractivity contribution in [1.29, 1.82) is 0 Å². The first-order valence-electron chi connectivity index (χ1n) is 8.87. The average molecular weight is 452 g/mol. The summed E-state index contributed by atoms with van der Waals surface area (Å²) in [6.45, 7) is 0. The number of thiazole rings is 2. The van der Waals surface area contributed by atoms with E-state index in [4.69, 9.17) is 4.74 Å². The predicted octanol–water partition coefficient (Wildman–Crippen LogP) is 5.67. The second-order valence-corrected chi connectivity index (χ2v) is 9.44. The molecule has 30 heavy (non-hydrogen) atoms. The first kappa shape index (κ1) is 18.9. The molecule has 3 aromatic heterocycles. The molecule has 6 nitrogen and oxygen atoms in total. The van der Waals surface area contributed by atoms with Gasteiger partial charge in [-0.05, 0) is 42.5 Å². The van der Waals surface area contributed by atoms with Gasteiger partial charge in [0.05, 0.1) is 42.9 Å². The minimum Gasteiger partial charge on any atom is -0.465 e. The van der Waals surface area contributed by atoms with Crippen molar-refractivity contribution in [2.75, 3.05) is 12.4 Å². The number of nitrogens with one attached hydrogen (secondary N) is 1. The number of esters is 1. The van der Waals surface area contributed by atoms with Crippen LogP contribution in [0.1, 0.15) is 20.0 Å². The van der Waals surface area contributed by atoms with E-state index in [0.29, 0.717) is 21.1 Å². The predicted molar refractivity (Wildman–Crippen MR) is 122 cm³/mol. The van der Waals surface area contributed by atoms with Gasteiger partial charge in [0.1, 0.15) is 5.01 Å². The van der Waals surface area contributed by atoms with E-state index < -0.39 is 5.97 Å². The average Bonchev–Trinajstić information content (AvgIpc) is 3.49. The summed E-state index contributed by atoms with van der Waals surface area (Å²) in [7, 11) is 1.34. The number of rotatable bonds is 4. The van der Waals surface area contributed by atoms with Crippen molar-refractivity contribution in [2.24, 2.45) is 0 Å². The molecule has 0 spiro atoms. The number of carbonyl (C=O) groups excluding carboxylic acids is 2. The van der Waals surface area contributed by atoms with E-state index in [2.05, 4.69) is 15.3 Å². The molecular weight excluding hydrogens is 438 g/mol. The van der Waals surface area contributed by atoms with E-state index in [-0.39, 0.29) is 5.91 Å². The number of thiophene rings is 1. The highest BCUT2D eigenvalue weighted by Crippen LogP contribution is 2.35. The molecule has 0 unspecified atom stereocenters. The fraction of sp³-hybridized carbons (Fsp3) is 0.0476. The van der Waals surface area contributed by atoms with Crippen LogP contribution in [-0.4, -0.2) is 29.0 Å². The van der Waals surface area contributed by atoms with Crippen LogP contribution in [0.2, 0.25) is 0 Å². The summed E-state index contributed by atoms with van der Waals surface area (Å²) in [5, 5.41) is 4.22. The van der Waals surface area contributed by atoms with Crippen molar-refractivity contribution in [3.8, 4) is 9.88 Å². The third-order valence-corrected chi connectivity index (χ3v) is 7.59. The van der Waals surface area contributed by atoms with Gasteiger partial charge in [-0.1, -0.05) is 23.5 Å². The Kier molecular flexibility index (Phi) is 4.78. The molecule has 0 bridgehead atoms. The second-order valence-electron chi connectivity index (χ2n) is 6.30. The van der Waals surface area contributed by atoms with Gasteiger partial charge < -0.3 is 4.74 Å². The number of aromatic nitrogens is 2. The van der Waals surface area contributed by atoms with Crippen LogP contribution in [0.4, 0.5) is 5.13 Å². The number of methoxy groups -OCH3 is 1. The summed E-state index contributed by atoms with van der Waals surface area (Å²) in [6, 6.07) is 16.8. The molecule has 1 N–H and O–H groups in total. The number of benzene rings is 2. The quantitative estimate of drug-likeness (QED) is 0.356. The summed E-state index contributed by atoms with van der Waals surface area (Å²) >= 11 is 4.32. The smallest absolute Gasteiger partial charge is 0.337 e.